The first kappa shape index (κ1) is 10.5. The zero-order valence-electron chi connectivity index (χ0n) is 6.29. The van der Waals surface area contributed by atoms with Crippen LogP contribution in [0.15, 0.2) is 42.5 Å². The van der Waals surface area contributed by atoms with Crippen molar-refractivity contribution in [1.82, 2.24) is 0 Å². The first-order chi connectivity index (χ1) is 5.00. The van der Waals surface area contributed by atoms with Gasteiger partial charge in [-0.2, -0.15) is 6.08 Å². The van der Waals surface area contributed by atoms with Crippen LogP contribution in [0.1, 0.15) is 12.8 Å². The largest absolute Gasteiger partial charge is 0.273 e. The molecule has 0 spiro atoms. The number of allylic oxidation sites excluding steroid dienone is 8. The van der Waals surface area contributed by atoms with Gasteiger partial charge in [0.2, 0.25) is 0 Å². The summed E-state index contributed by atoms with van der Waals surface area (Å²) in [6, 6.07) is 0. The molecule has 0 N–H and O–H groups in total. The maximum atomic E-state index is 2.99. The van der Waals surface area contributed by atoms with Crippen LogP contribution >= 0.6 is 0 Å². The Labute approximate surface area is 78.6 Å². The van der Waals surface area contributed by atoms with E-state index in [-0.39, 0.29) is 16.8 Å². The summed E-state index contributed by atoms with van der Waals surface area (Å²) in [4.78, 5) is 0. The predicted octanol–water partition coefficient (Wildman–Crippen LogP) is 2.81. The first-order valence-electron chi connectivity index (χ1n) is 3.53. The molecule has 0 nitrogen and oxygen atoms in total. The molecule has 0 amide bonds. The van der Waals surface area contributed by atoms with Gasteiger partial charge in [-0.15, -0.1) is 6.42 Å². The molecule has 0 aromatic carbocycles. The molecule has 11 heavy (non-hydrogen) atoms. The van der Waals surface area contributed by atoms with Crippen LogP contribution in [-0.2, 0) is 16.8 Å². The molecule has 2 aliphatic rings. The van der Waals surface area contributed by atoms with E-state index in [1.807, 2.05) is 12.2 Å². The minimum atomic E-state index is 0. The van der Waals surface area contributed by atoms with Gasteiger partial charge in [-0.25, -0.2) is 12.2 Å². The molecule has 0 bridgehead atoms. The van der Waals surface area contributed by atoms with Crippen LogP contribution in [0.2, 0.25) is 0 Å². The monoisotopic (exact) mass is 190 g/mol. The molecule has 1 heteroatoms. The standard InChI is InChI=1S/C5H6.C5H5.Co/c2*1-2-4-5-3-1;/h1-4H,5H2;1-3H,4H2;/q;-1;. The molecular weight excluding hydrogens is 179 g/mol. The van der Waals surface area contributed by atoms with Crippen LogP contribution in [0.5, 0.6) is 0 Å². The van der Waals surface area contributed by atoms with Crippen molar-refractivity contribution in [1.29, 1.82) is 0 Å². The van der Waals surface area contributed by atoms with Crippen molar-refractivity contribution in [2.75, 3.05) is 0 Å². The Hall–Kier alpha value is -0.534. The number of hydrogen-bond acceptors (Lipinski definition) is 0. The van der Waals surface area contributed by atoms with Crippen molar-refractivity contribution in [2.24, 2.45) is 0 Å². The van der Waals surface area contributed by atoms with E-state index < -0.39 is 0 Å². The fourth-order valence-corrected chi connectivity index (χ4v) is 0.733. The van der Waals surface area contributed by atoms with Crippen LogP contribution in [0.3, 0.4) is 0 Å². The maximum Gasteiger partial charge on any atom is 0 e. The maximum absolute atomic E-state index is 2.99. The second-order valence-electron chi connectivity index (χ2n) is 2.10. The van der Waals surface area contributed by atoms with Crippen LogP contribution in [0, 0.1) is 6.08 Å². The van der Waals surface area contributed by atoms with Crippen LogP contribution in [-0.4, -0.2) is 0 Å². The quantitative estimate of drug-likeness (QED) is 0.515. The van der Waals surface area contributed by atoms with Crippen LogP contribution in [0.25, 0.3) is 0 Å². The third-order valence-corrected chi connectivity index (χ3v) is 1.24. The van der Waals surface area contributed by atoms with Gasteiger partial charge in [0.25, 0.3) is 0 Å². The molecule has 0 aromatic heterocycles. The van der Waals surface area contributed by atoms with Gasteiger partial charge in [0.15, 0.2) is 0 Å². The summed E-state index contributed by atoms with van der Waals surface area (Å²) < 4.78 is 0. The summed E-state index contributed by atoms with van der Waals surface area (Å²) in [5.41, 5.74) is 0. The molecule has 0 heterocycles. The van der Waals surface area contributed by atoms with Crippen molar-refractivity contribution in [3.63, 3.8) is 0 Å². The van der Waals surface area contributed by atoms with Crippen molar-refractivity contribution in [3.8, 4) is 0 Å². The molecule has 2 aliphatic carbocycles. The molecule has 0 saturated heterocycles. The molecule has 0 saturated carbocycles. The Balaban J connectivity index is 0.000000167. The summed E-state index contributed by atoms with van der Waals surface area (Å²) in [5, 5.41) is 0. The summed E-state index contributed by atoms with van der Waals surface area (Å²) in [6.45, 7) is 0. The summed E-state index contributed by atoms with van der Waals surface area (Å²) in [6.07, 6.45) is 19.5. The second-order valence-corrected chi connectivity index (χ2v) is 2.10. The van der Waals surface area contributed by atoms with Crippen molar-refractivity contribution in [3.05, 3.63) is 48.6 Å². The minimum absolute atomic E-state index is 0. The fourth-order valence-electron chi connectivity index (χ4n) is 0.733. The summed E-state index contributed by atoms with van der Waals surface area (Å²) in [7, 11) is 0. The van der Waals surface area contributed by atoms with Gasteiger partial charge in [-0.3, -0.25) is 6.08 Å². The van der Waals surface area contributed by atoms with Crippen LogP contribution in [0.4, 0.5) is 0 Å². The Morgan fingerprint density at radius 1 is 0.909 bits per heavy atom. The topological polar surface area (TPSA) is 0 Å². The van der Waals surface area contributed by atoms with E-state index >= 15 is 0 Å². The average Bonchev–Trinajstić information content (AvgIpc) is 2.67. The van der Waals surface area contributed by atoms with Gasteiger partial charge in [0.05, 0.1) is 0 Å². The minimum Gasteiger partial charge on any atom is -0.273 e. The third kappa shape index (κ3) is 5.89. The fraction of sp³-hybridized carbons (Fsp3) is 0.200. The Morgan fingerprint density at radius 2 is 1.64 bits per heavy atom. The van der Waals surface area contributed by atoms with E-state index in [0.717, 1.165) is 12.8 Å². The molecular formula is C10H11Co-. The van der Waals surface area contributed by atoms with E-state index in [2.05, 4.69) is 36.5 Å². The van der Waals surface area contributed by atoms with Gasteiger partial charge in [0.1, 0.15) is 0 Å². The molecule has 0 aromatic rings. The van der Waals surface area contributed by atoms with Gasteiger partial charge < -0.3 is 0 Å². The Morgan fingerprint density at radius 3 is 1.82 bits per heavy atom. The summed E-state index contributed by atoms with van der Waals surface area (Å²) in [5.74, 6) is 0. The molecule has 0 unspecified atom stereocenters. The van der Waals surface area contributed by atoms with Crippen molar-refractivity contribution >= 4 is 0 Å². The zero-order chi connectivity index (χ0) is 7.07. The van der Waals surface area contributed by atoms with Gasteiger partial charge in [-0.1, -0.05) is 24.3 Å². The van der Waals surface area contributed by atoms with Gasteiger partial charge in [-0.05, 0) is 6.42 Å². The van der Waals surface area contributed by atoms with Crippen molar-refractivity contribution in [2.45, 2.75) is 12.8 Å². The predicted molar refractivity (Wildman–Crippen MR) is 44.5 cm³/mol. The molecule has 2 rings (SSSR count). The molecule has 0 aliphatic heterocycles. The Kier molecular flexibility index (Phi) is 7.20. The SMILES string of the molecule is C1=CCC=C1.[C-]1=CC=CC1.[Co]. The van der Waals surface area contributed by atoms with Gasteiger partial charge >= 0.3 is 0 Å². The Bertz CT molecular complexity index is 143. The van der Waals surface area contributed by atoms with Crippen LogP contribution < -0.4 is 0 Å². The summed E-state index contributed by atoms with van der Waals surface area (Å²) >= 11 is 0. The van der Waals surface area contributed by atoms with E-state index in [4.69, 9.17) is 0 Å². The second kappa shape index (κ2) is 7.57. The third-order valence-electron chi connectivity index (χ3n) is 1.24. The normalized spacial score (nSPS) is 16.0. The van der Waals surface area contributed by atoms with Crippen molar-refractivity contribution < 1.29 is 16.8 Å². The first-order valence-corrected chi connectivity index (χ1v) is 3.53. The zero-order valence-corrected chi connectivity index (χ0v) is 7.33. The number of rotatable bonds is 0. The van der Waals surface area contributed by atoms with Gasteiger partial charge in [0, 0.05) is 16.8 Å². The van der Waals surface area contributed by atoms with E-state index in [1.165, 1.54) is 0 Å². The smallest absolute Gasteiger partial charge is 0 e. The van der Waals surface area contributed by atoms with E-state index in [9.17, 15) is 0 Å². The molecule has 1 radical (unpaired) electrons. The number of hydrogen-bond donors (Lipinski definition) is 0. The molecule has 61 valence electrons. The average molecular weight is 190 g/mol. The van der Waals surface area contributed by atoms with E-state index in [0.29, 0.717) is 0 Å². The van der Waals surface area contributed by atoms with E-state index in [1.54, 1.807) is 0 Å². The molecule has 0 fully saturated rings. The molecule has 0 atom stereocenters.